The van der Waals surface area contributed by atoms with Gasteiger partial charge in [0.15, 0.2) is 0 Å². The van der Waals surface area contributed by atoms with E-state index in [1.54, 1.807) is 27.7 Å². The zero-order valence-corrected chi connectivity index (χ0v) is 42.1. The molecule has 0 amide bonds. The summed E-state index contributed by atoms with van der Waals surface area (Å²) < 4.78 is 0. The van der Waals surface area contributed by atoms with Gasteiger partial charge in [0.25, 0.3) is 0 Å². The van der Waals surface area contributed by atoms with E-state index in [-0.39, 0.29) is 79.0 Å². The van der Waals surface area contributed by atoms with E-state index < -0.39 is 12.2 Å². The van der Waals surface area contributed by atoms with Crippen LogP contribution in [0, 0.1) is 0 Å². The van der Waals surface area contributed by atoms with Crippen LogP contribution in [-0.2, 0) is 43.4 Å². The van der Waals surface area contributed by atoms with Crippen LogP contribution in [0.1, 0.15) is 193 Å². The van der Waals surface area contributed by atoms with Crippen LogP contribution < -0.4 is 31.1 Å². The van der Waals surface area contributed by atoms with Crippen molar-refractivity contribution < 1.29 is 42.1 Å². The van der Waals surface area contributed by atoms with Crippen molar-refractivity contribution >= 4 is 0 Å². The Morgan fingerprint density at radius 2 is 0.754 bits per heavy atom. The molecule has 2 N–H and O–H groups in total. The Balaban J connectivity index is 0.00000131. The summed E-state index contributed by atoms with van der Waals surface area (Å²) in [5.41, 5.74) is 7.02. The summed E-state index contributed by atoms with van der Waals surface area (Å²) in [5, 5.41) is 56.3. The van der Waals surface area contributed by atoms with Gasteiger partial charge in [0.1, 0.15) is 0 Å². The third kappa shape index (κ3) is 16.0. The molecule has 61 heavy (non-hydrogen) atoms. The van der Waals surface area contributed by atoms with E-state index in [4.69, 9.17) is 0 Å². The van der Waals surface area contributed by atoms with Crippen LogP contribution in [0.25, 0.3) is 0 Å². The average molecular weight is 867 g/mol. The molecule has 4 aromatic carbocycles. The van der Waals surface area contributed by atoms with Crippen molar-refractivity contribution in [2.24, 2.45) is 0 Å². The Hall–Kier alpha value is -2.97. The molecule has 0 saturated heterocycles. The largest absolute Gasteiger partial charge is 4.00 e. The second-order valence-corrected chi connectivity index (χ2v) is 21.5. The molecule has 5 rings (SSSR count). The van der Waals surface area contributed by atoms with E-state index in [1.165, 1.54) is 11.1 Å². The molecule has 1 saturated carbocycles. The molecule has 1 fully saturated rings. The Labute approximate surface area is 386 Å². The van der Waals surface area contributed by atoms with Crippen LogP contribution in [0.5, 0.6) is 11.5 Å². The maximum absolute atomic E-state index is 14.6. The van der Waals surface area contributed by atoms with E-state index in [9.17, 15) is 20.4 Å². The van der Waals surface area contributed by atoms with Crippen molar-refractivity contribution in [2.75, 3.05) is 0 Å². The fraction of sp³-hybridized carbons (Fsp3) is 0.556. The van der Waals surface area contributed by atoms with Crippen LogP contribution >= 0.6 is 0 Å². The minimum Gasteiger partial charge on any atom is -0.872 e. The Morgan fingerprint density at radius 1 is 0.475 bits per heavy atom. The maximum atomic E-state index is 14.6. The normalized spacial score (nSPS) is 17.0. The first-order valence-corrected chi connectivity index (χ1v) is 22.3. The number of benzene rings is 4. The minimum atomic E-state index is -0.417. The monoisotopic (exact) mass is 867 g/mol. The fourth-order valence-corrected chi connectivity index (χ4v) is 7.69. The van der Waals surface area contributed by atoms with E-state index >= 15 is 0 Å². The molecule has 0 heterocycles. The van der Waals surface area contributed by atoms with Crippen molar-refractivity contribution in [3.63, 3.8) is 0 Å². The molecule has 4 atom stereocenters. The van der Waals surface area contributed by atoms with Gasteiger partial charge in [-0.2, -0.15) is 0 Å². The van der Waals surface area contributed by atoms with Crippen LogP contribution in [0.3, 0.4) is 0 Å². The zero-order valence-electron chi connectivity index (χ0n) is 40.5. The standard InChI is InChI=1S/C48H66N2O2.2C3H7O.Ti/c1-45(2,3)33-27-35(43(51)37(29-33)47(7,8)9)41(31-21-15-13-16-22-31)49-39-25-19-20-26-40(39)50-42(32-23-17-14-18-24-32)36-28-34(46(4,5)6)30-38(44(36)52)48(10,11)12;2*1-3(2)4;/h13-18,21-24,27-30,39-42,49-52H,19-20,25-26H2,1-12H3;2*3H,1-2H3;/q;2*-1;+4/p-2/t39-,40-,41-,42+;;;/m1.../s1. The molecule has 0 spiro atoms. The maximum Gasteiger partial charge on any atom is 4.00 e. The number of hydrogen-bond acceptors (Lipinski definition) is 6. The quantitative estimate of drug-likeness (QED) is 0.171. The van der Waals surface area contributed by atoms with Gasteiger partial charge in [-0.25, -0.2) is 0 Å². The SMILES string of the molecule is CC(C)(C)c1cc([C@H](N[C@@H]2CCCC[C@H]2N[C@@H](c2ccccc2)c2cc(C(C)(C)C)cc(C(C)(C)C)c2[O-])c2ccccc2)c([O-])c(C(C)(C)C)c1.CC(C)[O-].CC(C)[O-].[Ti+4]. The molecule has 0 bridgehead atoms. The van der Waals surface area contributed by atoms with Crippen LogP contribution in [0.4, 0.5) is 0 Å². The van der Waals surface area contributed by atoms with Crippen LogP contribution in [0.15, 0.2) is 84.9 Å². The summed E-state index contributed by atoms with van der Waals surface area (Å²) in [6, 6.07) is 29.1. The molecule has 0 unspecified atom stereocenters. The number of nitrogens with one attached hydrogen (secondary N) is 2. The summed E-state index contributed by atoms with van der Waals surface area (Å²) in [7, 11) is 0. The minimum absolute atomic E-state index is 0. The summed E-state index contributed by atoms with van der Waals surface area (Å²) in [6.45, 7) is 32.6. The van der Waals surface area contributed by atoms with Crippen LogP contribution in [0.2, 0.25) is 0 Å². The first kappa shape index (κ1) is 54.2. The molecule has 332 valence electrons. The molecular formula is C54H78N2O4Ti. The van der Waals surface area contributed by atoms with Gasteiger partial charge in [0.2, 0.25) is 0 Å². The summed E-state index contributed by atoms with van der Waals surface area (Å²) in [5.74, 6) is 0.239. The van der Waals surface area contributed by atoms with Gasteiger partial charge < -0.3 is 31.1 Å². The molecule has 4 aromatic rings. The molecule has 1 aliphatic rings. The van der Waals surface area contributed by atoms with Gasteiger partial charge in [0, 0.05) is 12.1 Å². The smallest absolute Gasteiger partial charge is 0.872 e. The fourth-order valence-electron chi connectivity index (χ4n) is 7.69. The van der Waals surface area contributed by atoms with E-state index in [2.05, 4.69) is 167 Å². The molecule has 0 aromatic heterocycles. The molecule has 7 heteroatoms. The van der Waals surface area contributed by atoms with E-state index in [1.807, 2.05) is 12.1 Å². The van der Waals surface area contributed by atoms with Gasteiger partial charge in [-0.05, 0) is 79.0 Å². The van der Waals surface area contributed by atoms with Crippen molar-refractivity contribution in [1.82, 2.24) is 10.6 Å². The summed E-state index contributed by atoms with van der Waals surface area (Å²) in [6.07, 6.45) is 3.32. The molecular weight excluding hydrogens is 788 g/mol. The predicted molar refractivity (Wildman–Crippen MR) is 246 cm³/mol. The number of hydrogen-bond donors (Lipinski definition) is 2. The van der Waals surface area contributed by atoms with Gasteiger partial charge >= 0.3 is 21.7 Å². The first-order chi connectivity index (χ1) is 27.6. The Morgan fingerprint density at radius 3 is 1.00 bits per heavy atom. The van der Waals surface area contributed by atoms with E-state index in [0.29, 0.717) is 0 Å². The van der Waals surface area contributed by atoms with E-state index in [0.717, 1.165) is 59.1 Å². The van der Waals surface area contributed by atoms with Gasteiger partial charge in [0.05, 0.1) is 12.1 Å². The second kappa shape index (κ2) is 22.6. The first-order valence-electron chi connectivity index (χ1n) is 22.3. The van der Waals surface area contributed by atoms with Gasteiger partial charge in [-0.15, -0.1) is 12.2 Å². The zero-order chi connectivity index (χ0) is 45.4. The molecule has 0 radical (unpaired) electrons. The third-order valence-electron chi connectivity index (χ3n) is 11.0. The Bertz CT molecular complexity index is 1770. The topological polar surface area (TPSA) is 116 Å². The second-order valence-electron chi connectivity index (χ2n) is 21.5. The molecule has 1 aliphatic carbocycles. The summed E-state index contributed by atoms with van der Waals surface area (Å²) >= 11 is 0. The van der Waals surface area contributed by atoms with Crippen molar-refractivity contribution in [3.05, 3.63) is 129 Å². The van der Waals surface area contributed by atoms with Gasteiger partial charge in [-0.1, -0.05) is 220 Å². The molecule has 6 nitrogen and oxygen atoms in total. The predicted octanol–water partition coefficient (Wildman–Crippen LogP) is 9.90. The van der Waals surface area contributed by atoms with Crippen molar-refractivity contribution in [2.45, 2.75) is 194 Å². The van der Waals surface area contributed by atoms with Crippen LogP contribution in [-0.4, -0.2) is 24.3 Å². The van der Waals surface area contributed by atoms with Crippen molar-refractivity contribution in [1.29, 1.82) is 0 Å². The third-order valence-corrected chi connectivity index (χ3v) is 11.0. The van der Waals surface area contributed by atoms with Gasteiger partial charge in [-0.3, -0.25) is 0 Å². The Kier molecular flexibility index (Phi) is 20.1. The average Bonchev–Trinajstić information content (AvgIpc) is 3.12. The summed E-state index contributed by atoms with van der Waals surface area (Å²) in [4.78, 5) is 0. The number of rotatable bonds is 8. The molecule has 0 aliphatic heterocycles. The van der Waals surface area contributed by atoms with Crippen molar-refractivity contribution in [3.8, 4) is 11.5 Å².